The Labute approximate surface area is 111 Å². The average molecular weight is 311 g/mol. The van der Waals surface area contributed by atoms with Crippen molar-refractivity contribution in [2.24, 2.45) is 0 Å². The summed E-state index contributed by atoms with van der Waals surface area (Å²) in [5.41, 5.74) is 1.08. The van der Waals surface area contributed by atoms with Crippen molar-refractivity contribution >= 4 is 29.2 Å². The summed E-state index contributed by atoms with van der Waals surface area (Å²) in [4.78, 5) is 23.5. The van der Waals surface area contributed by atoms with E-state index in [0.29, 0.717) is 11.4 Å². The molecule has 18 heavy (non-hydrogen) atoms. The molecule has 0 aromatic carbocycles. The second kappa shape index (κ2) is 5.82. The van der Waals surface area contributed by atoms with E-state index in [0.717, 1.165) is 20.2 Å². The van der Waals surface area contributed by atoms with Crippen LogP contribution in [0.3, 0.4) is 0 Å². The van der Waals surface area contributed by atoms with Crippen LogP contribution in [0, 0.1) is 0 Å². The van der Waals surface area contributed by atoms with Crippen molar-refractivity contribution in [3.63, 3.8) is 0 Å². The van der Waals surface area contributed by atoms with Crippen LogP contribution >= 0.6 is 0 Å². The summed E-state index contributed by atoms with van der Waals surface area (Å²) in [6.07, 6.45) is 0. The first-order valence-corrected chi connectivity index (χ1v) is 12.0. The molecule has 4 nitrogen and oxygen atoms in total. The van der Waals surface area contributed by atoms with Crippen molar-refractivity contribution in [3.05, 3.63) is 11.4 Å². The predicted octanol–water partition coefficient (Wildman–Crippen LogP) is 2.53. The van der Waals surface area contributed by atoms with Gasteiger partial charge >= 0.3 is 111 Å². The Balaban J connectivity index is 3.56. The van der Waals surface area contributed by atoms with E-state index >= 15 is 0 Å². The molecule has 1 rings (SSSR count). The van der Waals surface area contributed by atoms with Gasteiger partial charge in [0.05, 0.1) is 0 Å². The third kappa shape index (κ3) is 2.43. The third-order valence-electron chi connectivity index (χ3n) is 4.01. The number of aromatic nitrogens is 2. The SMILES string of the molecule is C[CH2][Ge]([CH2]C)([CH2]C)[c]1c(C(C)=O)n[nH]c1C(C)=O. The van der Waals surface area contributed by atoms with Crippen LogP contribution in [-0.4, -0.2) is 35.0 Å². The van der Waals surface area contributed by atoms with Crippen LogP contribution in [-0.2, 0) is 0 Å². The predicted molar refractivity (Wildman–Crippen MR) is 75.4 cm³/mol. The summed E-state index contributed by atoms with van der Waals surface area (Å²) in [7, 11) is 0. The van der Waals surface area contributed by atoms with Crippen LogP contribution in [0.4, 0.5) is 0 Å². The summed E-state index contributed by atoms with van der Waals surface area (Å²) in [6, 6.07) is 0. The van der Waals surface area contributed by atoms with Crippen LogP contribution in [0.25, 0.3) is 0 Å². The Hall–Kier alpha value is -0.907. The molecule has 0 aliphatic carbocycles. The van der Waals surface area contributed by atoms with Crippen molar-refractivity contribution < 1.29 is 9.59 Å². The molecule has 1 N–H and O–H groups in total. The van der Waals surface area contributed by atoms with Gasteiger partial charge in [0, 0.05) is 0 Å². The number of nitrogens with zero attached hydrogens (tertiary/aromatic N) is 1. The summed E-state index contributed by atoms with van der Waals surface area (Å²) in [5.74, 6) is -0.0607. The molecule has 100 valence electrons. The van der Waals surface area contributed by atoms with E-state index in [2.05, 4.69) is 31.0 Å². The number of rotatable bonds is 6. The molecule has 1 aromatic rings. The van der Waals surface area contributed by atoms with Gasteiger partial charge < -0.3 is 0 Å². The van der Waals surface area contributed by atoms with Gasteiger partial charge in [0.25, 0.3) is 0 Å². The normalized spacial score (nSPS) is 11.6. The molecule has 0 aliphatic rings. The number of aromatic amines is 1. The van der Waals surface area contributed by atoms with E-state index in [1.165, 1.54) is 13.8 Å². The van der Waals surface area contributed by atoms with Crippen molar-refractivity contribution in [2.45, 2.75) is 50.4 Å². The van der Waals surface area contributed by atoms with Gasteiger partial charge in [0.15, 0.2) is 0 Å². The number of Topliss-reactive ketones (excluding diaryl/α,β-unsaturated/α-hetero) is 2. The molecular formula is C13H22GeN2O2. The van der Waals surface area contributed by atoms with Crippen molar-refractivity contribution in [2.75, 3.05) is 0 Å². The molecule has 0 bridgehead atoms. The van der Waals surface area contributed by atoms with E-state index in [1.54, 1.807) is 0 Å². The molecule has 0 fully saturated rings. The van der Waals surface area contributed by atoms with Gasteiger partial charge in [-0.1, -0.05) is 0 Å². The first kappa shape index (κ1) is 15.2. The van der Waals surface area contributed by atoms with Crippen LogP contribution in [0.5, 0.6) is 0 Å². The quantitative estimate of drug-likeness (QED) is 0.648. The fourth-order valence-electron chi connectivity index (χ4n) is 2.65. The van der Waals surface area contributed by atoms with E-state index in [-0.39, 0.29) is 11.6 Å². The van der Waals surface area contributed by atoms with E-state index in [4.69, 9.17) is 0 Å². The molecule has 0 aliphatic heterocycles. The van der Waals surface area contributed by atoms with Crippen LogP contribution < -0.4 is 4.40 Å². The number of hydrogen-bond acceptors (Lipinski definition) is 3. The van der Waals surface area contributed by atoms with Crippen LogP contribution in [0.2, 0.25) is 15.8 Å². The van der Waals surface area contributed by atoms with Gasteiger partial charge in [-0.25, -0.2) is 0 Å². The van der Waals surface area contributed by atoms with Crippen LogP contribution in [0.15, 0.2) is 0 Å². The topological polar surface area (TPSA) is 62.8 Å². The summed E-state index contributed by atoms with van der Waals surface area (Å²) in [6.45, 7) is 9.59. The Morgan fingerprint density at radius 2 is 1.56 bits per heavy atom. The molecule has 0 spiro atoms. The Kier molecular flexibility index (Phi) is 4.90. The molecule has 0 unspecified atom stereocenters. The summed E-state index contributed by atoms with van der Waals surface area (Å²) < 4.78 is 1.00. The van der Waals surface area contributed by atoms with Gasteiger partial charge in [-0.3, -0.25) is 0 Å². The maximum absolute atomic E-state index is 11.7. The molecule has 0 radical (unpaired) electrons. The minimum absolute atomic E-state index is 0.0182. The van der Waals surface area contributed by atoms with Gasteiger partial charge in [0.2, 0.25) is 0 Å². The van der Waals surface area contributed by atoms with Crippen molar-refractivity contribution in [1.82, 2.24) is 10.2 Å². The number of carbonyl (C=O) groups is 2. The van der Waals surface area contributed by atoms with Gasteiger partial charge in [0.1, 0.15) is 0 Å². The molecule has 5 heteroatoms. The fourth-order valence-corrected chi connectivity index (χ4v) is 11.2. The molecule has 1 heterocycles. The van der Waals surface area contributed by atoms with Gasteiger partial charge in [-0.2, -0.15) is 0 Å². The zero-order valence-corrected chi connectivity index (χ0v) is 14.0. The van der Waals surface area contributed by atoms with Gasteiger partial charge in [-0.05, 0) is 0 Å². The summed E-state index contributed by atoms with van der Waals surface area (Å²) >= 11 is -2.37. The number of hydrogen-bond donors (Lipinski definition) is 1. The molecule has 0 saturated carbocycles. The second-order valence-electron chi connectivity index (χ2n) is 4.78. The molecule has 1 aromatic heterocycles. The number of nitrogens with one attached hydrogen (secondary N) is 1. The minimum atomic E-state index is -2.37. The first-order chi connectivity index (χ1) is 8.43. The number of H-pyrrole nitrogens is 1. The average Bonchev–Trinajstić information content (AvgIpc) is 2.78. The molecule has 0 atom stereocenters. The fraction of sp³-hybridized carbons (Fsp3) is 0.615. The van der Waals surface area contributed by atoms with Crippen LogP contribution in [0.1, 0.15) is 55.6 Å². The van der Waals surface area contributed by atoms with E-state index in [9.17, 15) is 9.59 Å². The maximum atomic E-state index is 11.7. The monoisotopic (exact) mass is 312 g/mol. The second-order valence-corrected chi connectivity index (χ2v) is 15.6. The number of carbonyl (C=O) groups excluding carboxylic acids is 2. The molecular weight excluding hydrogens is 289 g/mol. The number of ketones is 2. The van der Waals surface area contributed by atoms with E-state index < -0.39 is 13.3 Å². The molecule has 0 amide bonds. The van der Waals surface area contributed by atoms with Crippen molar-refractivity contribution in [1.29, 1.82) is 0 Å². The Morgan fingerprint density at radius 3 is 1.89 bits per heavy atom. The Morgan fingerprint density at radius 1 is 1.06 bits per heavy atom. The zero-order valence-electron chi connectivity index (χ0n) is 11.9. The standard InChI is InChI=1S/C13H22GeN2O2/c1-6-14(7-2,8-3)11-12(9(4)17)15-16-13(11)10(5)18/h6-8H2,1-5H3,(H,15,16). The third-order valence-corrected chi connectivity index (χ3v) is 15.8. The van der Waals surface area contributed by atoms with Crippen molar-refractivity contribution in [3.8, 4) is 0 Å². The summed E-state index contributed by atoms with van der Waals surface area (Å²) in [5, 5.41) is 10.1. The molecule has 0 saturated heterocycles. The zero-order chi connectivity index (χ0) is 13.9. The Bertz CT molecular complexity index is 422. The first-order valence-electron chi connectivity index (χ1n) is 6.54. The van der Waals surface area contributed by atoms with Gasteiger partial charge in [-0.15, -0.1) is 0 Å². The van der Waals surface area contributed by atoms with E-state index in [1.807, 2.05) is 0 Å².